The van der Waals surface area contributed by atoms with Crippen LogP contribution in [-0.2, 0) is 0 Å². The molecule has 0 heterocycles. The number of hydrogen-bond acceptors (Lipinski definition) is 5. The van der Waals surface area contributed by atoms with Gasteiger partial charge < -0.3 is 9.47 Å². The largest absolute Gasteiger partial charge is 0.493 e. The Bertz CT molecular complexity index is 381. The molecule has 1 rings (SSSR count). The molecule has 0 unspecified atom stereocenters. The smallest absolute Gasteiger partial charge is 0.279 e. The van der Waals surface area contributed by atoms with Crippen molar-refractivity contribution in [2.24, 2.45) is 0 Å². The lowest BCUT2D eigenvalue weighted by Crippen LogP contribution is -2.20. The van der Waals surface area contributed by atoms with E-state index in [-0.39, 0.29) is 11.3 Å². The Morgan fingerprint density at radius 1 is 1.40 bits per heavy atom. The van der Waals surface area contributed by atoms with Gasteiger partial charge in [0.05, 0.1) is 14.2 Å². The van der Waals surface area contributed by atoms with Crippen molar-refractivity contribution in [3.8, 4) is 11.5 Å². The molecule has 0 aliphatic rings. The second kappa shape index (κ2) is 4.90. The molecule has 0 fully saturated rings. The number of carbonyl (C=O) groups is 1. The molecule has 0 aliphatic carbocycles. The number of carbonyl (C=O) groups excluding carboxylic acids is 1. The van der Waals surface area contributed by atoms with Crippen LogP contribution in [0.2, 0.25) is 0 Å². The molecule has 5 nitrogen and oxygen atoms in total. The fourth-order valence-corrected chi connectivity index (χ4v) is 1.47. The van der Waals surface area contributed by atoms with E-state index in [0.717, 1.165) is 0 Å². The van der Waals surface area contributed by atoms with Gasteiger partial charge in [0.25, 0.3) is 5.91 Å². The zero-order valence-electron chi connectivity index (χ0n) is 8.27. The van der Waals surface area contributed by atoms with Crippen molar-refractivity contribution in [3.63, 3.8) is 0 Å². The monoisotopic (exact) mass is 229 g/mol. The summed E-state index contributed by atoms with van der Waals surface area (Å²) < 4.78 is 10.0. The Labute approximate surface area is 92.4 Å². The lowest BCUT2D eigenvalue weighted by Gasteiger charge is -2.12. The van der Waals surface area contributed by atoms with Gasteiger partial charge in [-0.25, -0.2) is 5.48 Å². The first-order chi connectivity index (χ1) is 7.15. The third-order valence-electron chi connectivity index (χ3n) is 1.85. The number of hydrogen-bond donors (Lipinski definition) is 3. The van der Waals surface area contributed by atoms with Gasteiger partial charge in [0.15, 0.2) is 11.5 Å². The Balaban J connectivity index is 3.38. The standard InChI is InChI=1S/C9H11NO4S/c1-13-5-3-4-6(15)7(8(5)14-2)9(11)10-12/h3-4,12,15H,1-2H3,(H,10,11). The maximum atomic E-state index is 11.3. The average Bonchev–Trinajstić information content (AvgIpc) is 2.27. The van der Waals surface area contributed by atoms with E-state index in [0.29, 0.717) is 10.6 Å². The number of benzene rings is 1. The summed E-state index contributed by atoms with van der Waals surface area (Å²) in [5, 5.41) is 8.57. The molecule has 0 bridgehead atoms. The third-order valence-corrected chi connectivity index (χ3v) is 2.22. The highest BCUT2D eigenvalue weighted by Gasteiger charge is 2.19. The maximum absolute atomic E-state index is 11.3. The molecule has 0 radical (unpaired) electrons. The van der Waals surface area contributed by atoms with E-state index in [1.165, 1.54) is 19.7 Å². The van der Waals surface area contributed by atoms with E-state index < -0.39 is 5.91 Å². The normalized spacial score (nSPS) is 9.60. The molecule has 0 atom stereocenters. The van der Waals surface area contributed by atoms with Crippen LogP contribution in [0.5, 0.6) is 11.5 Å². The van der Waals surface area contributed by atoms with Crippen molar-refractivity contribution in [1.82, 2.24) is 5.48 Å². The van der Waals surface area contributed by atoms with E-state index in [1.807, 2.05) is 0 Å². The van der Waals surface area contributed by atoms with Gasteiger partial charge >= 0.3 is 0 Å². The predicted molar refractivity (Wildman–Crippen MR) is 56.1 cm³/mol. The Morgan fingerprint density at radius 2 is 2.07 bits per heavy atom. The predicted octanol–water partition coefficient (Wildman–Crippen LogP) is 1.11. The molecule has 0 saturated heterocycles. The van der Waals surface area contributed by atoms with Crippen LogP contribution in [0.4, 0.5) is 0 Å². The fourth-order valence-electron chi connectivity index (χ4n) is 1.19. The molecule has 0 aliphatic heterocycles. The first-order valence-electron chi connectivity index (χ1n) is 4.04. The van der Waals surface area contributed by atoms with Gasteiger partial charge in [-0.2, -0.15) is 0 Å². The molecule has 1 aromatic rings. The van der Waals surface area contributed by atoms with Crippen LogP contribution in [0.15, 0.2) is 17.0 Å². The topological polar surface area (TPSA) is 67.8 Å². The van der Waals surface area contributed by atoms with Crippen molar-refractivity contribution in [2.75, 3.05) is 14.2 Å². The molecule has 6 heteroatoms. The number of thiol groups is 1. The van der Waals surface area contributed by atoms with Crippen LogP contribution in [0.25, 0.3) is 0 Å². The van der Waals surface area contributed by atoms with E-state index >= 15 is 0 Å². The lowest BCUT2D eigenvalue weighted by molar-refractivity contribution is 0.0699. The summed E-state index contributed by atoms with van der Waals surface area (Å²) in [5.74, 6) is -0.0683. The number of amides is 1. The SMILES string of the molecule is COc1ccc(S)c(C(=O)NO)c1OC. The van der Waals surface area contributed by atoms with Crippen molar-refractivity contribution < 1.29 is 19.5 Å². The van der Waals surface area contributed by atoms with Gasteiger partial charge in [-0.1, -0.05) is 0 Å². The highest BCUT2D eigenvalue weighted by atomic mass is 32.1. The first-order valence-corrected chi connectivity index (χ1v) is 4.48. The highest BCUT2D eigenvalue weighted by Crippen LogP contribution is 2.34. The van der Waals surface area contributed by atoms with Gasteiger partial charge in [0.2, 0.25) is 0 Å². The van der Waals surface area contributed by atoms with Crippen LogP contribution in [-0.4, -0.2) is 25.3 Å². The number of rotatable bonds is 3. The summed E-state index contributed by atoms with van der Waals surface area (Å²) in [6, 6.07) is 3.20. The zero-order chi connectivity index (χ0) is 11.4. The van der Waals surface area contributed by atoms with Gasteiger partial charge in [-0.3, -0.25) is 10.0 Å². The van der Waals surface area contributed by atoms with Crippen molar-refractivity contribution in [3.05, 3.63) is 17.7 Å². The van der Waals surface area contributed by atoms with Crippen LogP contribution in [0.3, 0.4) is 0 Å². The molecule has 2 N–H and O–H groups in total. The summed E-state index contributed by atoms with van der Waals surface area (Å²) in [4.78, 5) is 11.7. The second-order valence-corrected chi connectivity index (χ2v) is 3.12. The van der Waals surface area contributed by atoms with Crippen LogP contribution >= 0.6 is 12.6 Å². The van der Waals surface area contributed by atoms with Gasteiger partial charge in [-0.05, 0) is 12.1 Å². The molecule has 0 spiro atoms. The molecule has 15 heavy (non-hydrogen) atoms. The Hall–Kier alpha value is -1.40. The van der Waals surface area contributed by atoms with E-state index in [4.69, 9.17) is 14.7 Å². The molecular formula is C9H11NO4S. The minimum absolute atomic E-state index is 0.127. The number of nitrogens with one attached hydrogen (secondary N) is 1. The molecule has 0 saturated carbocycles. The van der Waals surface area contributed by atoms with Gasteiger partial charge in [-0.15, -0.1) is 12.6 Å². The van der Waals surface area contributed by atoms with Crippen molar-refractivity contribution >= 4 is 18.5 Å². The zero-order valence-corrected chi connectivity index (χ0v) is 9.17. The quantitative estimate of drug-likeness (QED) is 0.412. The number of hydroxylamine groups is 1. The molecule has 82 valence electrons. The first kappa shape index (κ1) is 11.7. The van der Waals surface area contributed by atoms with Gasteiger partial charge in [0.1, 0.15) is 5.56 Å². The van der Waals surface area contributed by atoms with Crippen LogP contribution < -0.4 is 15.0 Å². The van der Waals surface area contributed by atoms with E-state index in [9.17, 15) is 4.79 Å². The lowest BCUT2D eigenvalue weighted by atomic mass is 10.1. The molecule has 1 aromatic carbocycles. The number of methoxy groups -OCH3 is 2. The third kappa shape index (κ3) is 2.16. The number of ether oxygens (including phenoxy) is 2. The summed E-state index contributed by atoms with van der Waals surface area (Å²) in [7, 11) is 2.86. The van der Waals surface area contributed by atoms with Crippen molar-refractivity contribution in [1.29, 1.82) is 0 Å². The summed E-state index contributed by atoms with van der Waals surface area (Å²) in [5.41, 5.74) is 1.65. The van der Waals surface area contributed by atoms with E-state index in [2.05, 4.69) is 12.6 Å². The minimum atomic E-state index is -0.698. The summed E-state index contributed by atoms with van der Waals surface area (Å²) >= 11 is 4.09. The second-order valence-electron chi connectivity index (χ2n) is 2.64. The fraction of sp³-hybridized carbons (Fsp3) is 0.222. The highest BCUT2D eigenvalue weighted by molar-refractivity contribution is 7.80. The average molecular weight is 229 g/mol. The van der Waals surface area contributed by atoms with Crippen LogP contribution in [0.1, 0.15) is 10.4 Å². The van der Waals surface area contributed by atoms with E-state index in [1.54, 1.807) is 12.1 Å². The van der Waals surface area contributed by atoms with Gasteiger partial charge in [0, 0.05) is 4.90 Å². The molecular weight excluding hydrogens is 218 g/mol. The maximum Gasteiger partial charge on any atom is 0.279 e. The summed E-state index contributed by atoms with van der Waals surface area (Å²) in [6.45, 7) is 0. The Kier molecular flexibility index (Phi) is 3.81. The van der Waals surface area contributed by atoms with Crippen molar-refractivity contribution in [2.45, 2.75) is 4.90 Å². The molecule has 0 aromatic heterocycles. The minimum Gasteiger partial charge on any atom is -0.493 e. The Morgan fingerprint density at radius 3 is 2.53 bits per heavy atom. The molecule has 1 amide bonds. The van der Waals surface area contributed by atoms with Crippen LogP contribution in [0, 0.1) is 0 Å². The summed E-state index contributed by atoms with van der Waals surface area (Å²) in [6.07, 6.45) is 0.